The summed E-state index contributed by atoms with van der Waals surface area (Å²) in [6, 6.07) is 8.33. The van der Waals surface area contributed by atoms with Crippen LogP contribution in [0.5, 0.6) is 0 Å². The van der Waals surface area contributed by atoms with Gasteiger partial charge in [0.2, 0.25) is 10.0 Å². The molecule has 1 saturated heterocycles. The summed E-state index contributed by atoms with van der Waals surface area (Å²) < 4.78 is 75.1. The maximum absolute atomic E-state index is 13.8. The van der Waals surface area contributed by atoms with Gasteiger partial charge in [0, 0.05) is 18.8 Å². The highest BCUT2D eigenvalue weighted by Gasteiger charge is 2.55. The van der Waals surface area contributed by atoms with Crippen LogP contribution < -0.4 is 0 Å². The quantitative estimate of drug-likeness (QED) is 0.509. The predicted octanol–water partition coefficient (Wildman–Crippen LogP) is 3.26. The highest BCUT2D eigenvalue weighted by molar-refractivity contribution is 7.89. The number of fused-ring (bicyclic) bond motifs is 2. The minimum Gasteiger partial charge on any atom is -0.469 e. The lowest BCUT2D eigenvalue weighted by atomic mass is 9.63. The lowest BCUT2D eigenvalue weighted by Gasteiger charge is -2.48. The average molecular weight is 506 g/mol. The smallest absolute Gasteiger partial charge is 0.313 e. The van der Waals surface area contributed by atoms with Crippen molar-refractivity contribution in [2.45, 2.75) is 24.2 Å². The Hall–Kier alpha value is -3.18. The second kappa shape index (κ2) is 8.49. The molecule has 1 fully saturated rings. The maximum Gasteiger partial charge on any atom is 0.313 e. The highest BCUT2D eigenvalue weighted by Crippen LogP contribution is 2.47. The zero-order chi connectivity index (χ0) is 25.0. The van der Waals surface area contributed by atoms with Crippen LogP contribution in [0.2, 0.25) is 0 Å². The van der Waals surface area contributed by atoms with Gasteiger partial charge in [-0.15, -0.1) is 0 Å². The monoisotopic (exact) mass is 505 g/mol. The van der Waals surface area contributed by atoms with E-state index in [1.165, 1.54) is 19.2 Å². The molecule has 2 heterocycles. The van der Waals surface area contributed by atoms with Gasteiger partial charge in [0.1, 0.15) is 5.82 Å². The minimum absolute atomic E-state index is 0.102. The van der Waals surface area contributed by atoms with E-state index in [0.717, 1.165) is 27.7 Å². The molecule has 7 nitrogen and oxygen atoms in total. The Balaban J connectivity index is 1.51. The van der Waals surface area contributed by atoms with E-state index in [1.807, 2.05) is 0 Å². The van der Waals surface area contributed by atoms with Gasteiger partial charge < -0.3 is 4.74 Å². The normalized spacial score (nSPS) is 22.3. The van der Waals surface area contributed by atoms with Crippen LogP contribution in [0.1, 0.15) is 17.7 Å². The van der Waals surface area contributed by atoms with Gasteiger partial charge in [-0.2, -0.15) is 9.40 Å². The molecule has 35 heavy (non-hydrogen) atoms. The van der Waals surface area contributed by atoms with Crippen LogP contribution in [-0.2, 0) is 32.4 Å². The first kappa shape index (κ1) is 23.6. The second-order valence-electron chi connectivity index (χ2n) is 8.93. The molecular weight excluding hydrogens is 483 g/mol. The Labute approximate surface area is 200 Å². The fourth-order valence-corrected chi connectivity index (χ4v) is 6.78. The van der Waals surface area contributed by atoms with Gasteiger partial charge >= 0.3 is 5.97 Å². The SMILES string of the molecule is COC(=O)[C@@]12Cc3cnn(-c4ccc(F)cc4)c3C[C@@H]1CCN(S(=O)(=O)c1ccc(F)c(F)c1)C2. The van der Waals surface area contributed by atoms with Gasteiger partial charge in [0.05, 0.1) is 29.3 Å². The van der Waals surface area contributed by atoms with E-state index in [0.29, 0.717) is 24.6 Å². The second-order valence-corrected chi connectivity index (χ2v) is 10.9. The molecule has 2 aliphatic rings. The van der Waals surface area contributed by atoms with Crippen LogP contribution in [0.15, 0.2) is 53.6 Å². The number of hydrogen-bond acceptors (Lipinski definition) is 5. The molecule has 3 aromatic rings. The molecule has 1 aliphatic heterocycles. The van der Waals surface area contributed by atoms with E-state index < -0.39 is 33.0 Å². The molecule has 2 atom stereocenters. The number of benzene rings is 2. The number of carbonyl (C=O) groups is 1. The van der Waals surface area contributed by atoms with Gasteiger partial charge in [-0.3, -0.25) is 4.79 Å². The fourth-order valence-electron chi connectivity index (χ4n) is 5.25. The van der Waals surface area contributed by atoms with Gasteiger partial charge in [0.25, 0.3) is 0 Å². The van der Waals surface area contributed by atoms with Crippen LogP contribution in [0.25, 0.3) is 5.69 Å². The first-order chi connectivity index (χ1) is 16.7. The van der Waals surface area contributed by atoms with Crippen LogP contribution in [-0.4, -0.2) is 48.7 Å². The Kier molecular flexibility index (Phi) is 5.71. The number of aromatic nitrogens is 2. The van der Waals surface area contributed by atoms with Crippen LogP contribution in [0.3, 0.4) is 0 Å². The van der Waals surface area contributed by atoms with Crippen molar-refractivity contribution >= 4 is 16.0 Å². The fraction of sp³-hybridized carbons (Fsp3) is 0.333. The van der Waals surface area contributed by atoms with Crippen molar-refractivity contribution in [3.63, 3.8) is 0 Å². The third-order valence-corrected chi connectivity index (χ3v) is 8.90. The number of esters is 1. The molecule has 0 N–H and O–H groups in total. The van der Waals surface area contributed by atoms with Crippen LogP contribution >= 0.6 is 0 Å². The molecule has 0 amide bonds. The van der Waals surface area contributed by atoms with Gasteiger partial charge in [0.15, 0.2) is 11.6 Å². The van der Waals surface area contributed by atoms with E-state index in [-0.39, 0.29) is 36.1 Å². The van der Waals surface area contributed by atoms with Crippen molar-refractivity contribution in [1.29, 1.82) is 0 Å². The summed E-state index contributed by atoms with van der Waals surface area (Å²) >= 11 is 0. The Morgan fingerprint density at radius 3 is 2.54 bits per heavy atom. The summed E-state index contributed by atoms with van der Waals surface area (Å²) in [5.41, 5.74) is 1.15. The number of halogens is 3. The third kappa shape index (κ3) is 3.82. The van der Waals surface area contributed by atoms with Crippen LogP contribution in [0.4, 0.5) is 13.2 Å². The predicted molar refractivity (Wildman–Crippen MR) is 119 cm³/mol. The number of piperidine rings is 1. The van der Waals surface area contributed by atoms with Crippen LogP contribution in [0, 0.1) is 28.8 Å². The van der Waals surface area contributed by atoms with E-state index >= 15 is 0 Å². The molecule has 11 heteroatoms. The maximum atomic E-state index is 13.8. The molecule has 2 aromatic carbocycles. The molecule has 184 valence electrons. The third-order valence-electron chi connectivity index (χ3n) is 7.06. The summed E-state index contributed by atoms with van der Waals surface area (Å²) in [6.45, 7) is -0.0579. The van der Waals surface area contributed by atoms with Crippen molar-refractivity contribution in [2.24, 2.45) is 11.3 Å². The lowest BCUT2D eigenvalue weighted by Crippen LogP contribution is -2.58. The number of nitrogens with zero attached hydrogens (tertiary/aromatic N) is 3. The minimum atomic E-state index is -4.19. The average Bonchev–Trinajstić information content (AvgIpc) is 3.25. The number of carbonyl (C=O) groups excluding carboxylic acids is 1. The molecule has 5 rings (SSSR count). The van der Waals surface area contributed by atoms with Gasteiger partial charge in [-0.1, -0.05) is 0 Å². The van der Waals surface area contributed by atoms with Crippen molar-refractivity contribution < 1.29 is 31.1 Å². The van der Waals surface area contributed by atoms with Crippen molar-refractivity contribution in [3.05, 3.63) is 77.4 Å². The standard InChI is InChI=1S/C24H22F3N3O4S/c1-34-23(31)24-12-15-13-28-30(18-4-2-17(25)3-5-18)22(15)10-16(24)8-9-29(14-24)35(32,33)19-6-7-20(26)21(27)11-19/h2-7,11,13,16H,8-10,12,14H2,1H3/t16-,24+/m0/s1. The number of ether oxygens (including phenoxy) is 1. The van der Waals surface area contributed by atoms with Crippen molar-refractivity contribution in [3.8, 4) is 5.69 Å². The Morgan fingerprint density at radius 2 is 1.86 bits per heavy atom. The Bertz CT molecular complexity index is 1410. The molecule has 0 spiro atoms. The van der Waals surface area contributed by atoms with E-state index in [1.54, 1.807) is 23.0 Å². The molecule has 0 saturated carbocycles. The topological polar surface area (TPSA) is 81.5 Å². The highest BCUT2D eigenvalue weighted by atomic mass is 32.2. The van der Waals surface area contributed by atoms with Gasteiger partial charge in [-0.05, 0) is 73.2 Å². The number of hydrogen-bond donors (Lipinski definition) is 0. The first-order valence-corrected chi connectivity index (χ1v) is 12.4. The molecule has 0 unspecified atom stereocenters. The molecule has 1 aromatic heterocycles. The van der Waals surface area contributed by atoms with E-state index in [2.05, 4.69) is 5.10 Å². The molecule has 0 bridgehead atoms. The van der Waals surface area contributed by atoms with E-state index in [4.69, 9.17) is 4.74 Å². The number of rotatable bonds is 4. The summed E-state index contributed by atoms with van der Waals surface area (Å²) in [5, 5.41) is 4.44. The zero-order valence-corrected chi connectivity index (χ0v) is 19.6. The van der Waals surface area contributed by atoms with Crippen molar-refractivity contribution in [2.75, 3.05) is 20.2 Å². The summed E-state index contributed by atoms with van der Waals surface area (Å²) in [5.74, 6) is -3.55. The van der Waals surface area contributed by atoms with Gasteiger partial charge in [-0.25, -0.2) is 26.3 Å². The molecule has 1 aliphatic carbocycles. The van der Waals surface area contributed by atoms with Crippen molar-refractivity contribution in [1.82, 2.24) is 14.1 Å². The summed E-state index contributed by atoms with van der Waals surface area (Å²) in [4.78, 5) is 12.8. The largest absolute Gasteiger partial charge is 0.469 e. The first-order valence-electron chi connectivity index (χ1n) is 11.0. The lowest BCUT2D eigenvalue weighted by molar-refractivity contribution is -0.160. The number of methoxy groups -OCH3 is 1. The zero-order valence-electron chi connectivity index (χ0n) is 18.7. The van der Waals surface area contributed by atoms with E-state index in [9.17, 15) is 26.4 Å². The molecular formula is C24H22F3N3O4S. The Morgan fingerprint density at radius 1 is 1.11 bits per heavy atom. The summed E-state index contributed by atoms with van der Waals surface area (Å²) in [6.07, 6.45) is 2.62. The molecule has 0 radical (unpaired) electrons. The summed E-state index contributed by atoms with van der Waals surface area (Å²) in [7, 11) is -2.93. The number of sulfonamides is 1.